The number of esters is 1. The summed E-state index contributed by atoms with van der Waals surface area (Å²) in [5, 5.41) is 0. The fraction of sp³-hybridized carbons (Fsp3) is 0.714. The van der Waals surface area contributed by atoms with Gasteiger partial charge in [-0.05, 0) is 55.4 Å². The van der Waals surface area contributed by atoms with E-state index in [2.05, 4.69) is 38.7 Å². The van der Waals surface area contributed by atoms with Gasteiger partial charge in [0.15, 0.2) is 0 Å². The average Bonchev–Trinajstić information content (AvgIpc) is 2.56. The second-order valence-corrected chi connectivity index (χ2v) is 8.49. The van der Waals surface area contributed by atoms with E-state index in [-0.39, 0.29) is 16.2 Å². The summed E-state index contributed by atoms with van der Waals surface area (Å²) in [6, 6.07) is 0. The van der Waals surface area contributed by atoms with Gasteiger partial charge in [-0.25, -0.2) is 4.79 Å². The first kappa shape index (κ1) is 17.3. The van der Waals surface area contributed by atoms with Gasteiger partial charge in [0.1, 0.15) is 5.78 Å². The van der Waals surface area contributed by atoms with Crippen LogP contribution >= 0.6 is 0 Å². The monoisotopic (exact) mass is 328 g/mol. The number of hydrogen-bond donors (Lipinski definition) is 0. The summed E-state index contributed by atoms with van der Waals surface area (Å²) in [4.78, 5) is 24.1. The van der Waals surface area contributed by atoms with Crippen LogP contribution in [0.25, 0.3) is 0 Å². The molecule has 0 saturated heterocycles. The summed E-state index contributed by atoms with van der Waals surface area (Å²) >= 11 is 0. The van der Waals surface area contributed by atoms with Crippen LogP contribution in [0.4, 0.5) is 0 Å². The third-order valence-electron chi connectivity index (χ3n) is 6.97. The molecule has 2 fully saturated rings. The number of rotatable bonds is 0. The van der Waals surface area contributed by atoms with Crippen molar-refractivity contribution in [3.05, 3.63) is 11.6 Å². The molecule has 0 bridgehead atoms. The minimum atomic E-state index is -0.458. The van der Waals surface area contributed by atoms with Gasteiger partial charge in [0, 0.05) is 17.8 Å². The molecule has 3 nitrogen and oxygen atoms in total. The van der Waals surface area contributed by atoms with Gasteiger partial charge >= 0.3 is 5.97 Å². The molecule has 0 aromatic carbocycles. The molecule has 130 valence electrons. The summed E-state index contributed by atoms with van der Waals surface area (Å²) < 4.78 is 4.72. The number of hydrogen-bond acceptors (Lipinski definition) is 3. The van der Waals surface area contributed by atoms with Crippen molar-refractivity contribution in [1.29, 1.82) is 0 Å². The van der Waals surface area contributed by atoms with E-state index in [0.717, 1.165) is 38.5 Å². The summed E-state index contributed by atoms with van der Waals surface area (Å²) in [7, 11) is 1.37. The molecule has 0 aromatic heterocycles. The maximum absolute atomic E-state index is 12.5. The highest BCUT2D eigenvalue weighted by Gasteiger charge is 2.59. The molecule has 0 heterocycles. The SMILES string of the molecule is COC(=O)C#C[C@]12CCCC=C1[C@@]1(C)CCC(=O)C(C)(C)[C@@H]1CC2. The Morgan fingerprint density at radius 1 is 1.25 bits per heavy atom. The van der Waals surface area contributed by atoms with E-state index >= 15 is 0 Å². The topological polar surface area (TPSA) is 43.4 Å². The molecule has 3 heteroatoms. The molecule has 2 saturated carbocycles. The maximum atomic E-state index is 12.5. The van der Waals surface area contributed by atoms with Crippen LogP contribution in [0.3, 0.4) is 0 Å². The molecule has 0 N–H and O–H groups in total. The molecular weight excluding hydrogens is 300 g/mol. The minimum absolute atomic E-state index is 0.0148. The number of allylic oxidation sites excluding steroid dienone is 2. The van der Waals surface area contributed by atoms with Crippen molar-refractivity contribution in [3.63, 3.8) is 0 Å². The van der Waals surface area contributed by atoms with Gasteiger partial charge in [-0.15, -0.1) is 0 Å². The first-order valence-corrected chi connectivity index (χ1v) is 9.12. The number of carbonyl (C=O) groups excluding carboxylic acids is 2. The Kier molecular flexibility index (Phi) is 4.14. The highest BCUT2D eigenvalue weighted by Crippen LogP contribution is 2.65. The van der Waals surface area contributed by atoms with Crippen LogP contribution in [0.5, 0.6) is 0 Å². The van der Waals surface area contributed by atoms with E-state index < -0.39 is 5.97 Å². The molecule has 0 amide bonds. The molecule has 3 atom stereocenters. The van der Waals surface area contributed by atoms with Crippen molar-refractivity contribution >= 4 is 11.8 Å². The fourth-order valence-corrected chi connectivity index (χ4v) is 5.69. The van der Waals surface area contributed by atoms with Crippen LogP contribution in [0.2, 0.25) is 0 Å². The van der Waals surface area contributed by atoms with Crippen LogP contribution in [-0.2, 0) is 14.3 Å². The normalized spacial score (nSPS) is 37.2. The Morgan fingerprint density at radius 2 is 2.00 bits per heavy atom. The molecule has 0 radical (unpaired) electrons. The molecule has 3 aliphatic carbocycles. The predicted octanol–water partition coefficient (Wildman–Crippen LogP) is 4.06. The third kappa shape index (κ3) is 2.42. The highest BCUT2D eigenvalue weighted by atomic mass is 16.5. The standard InChI is InChI=1S/C21H28O3/c1-19(2)15-8-13-21(14-10-18(23)24-4)11-6-5-7-16(21)20(15,3)12-9-17(19)22/h7,15H,5-6,8-9,11-13H2,1-4H3/t15-,20-,21+/m0/s1. The van der Waals surface area contributed by atoms with Crippen molar-refractivity contribution in [2.75, 3.05) is 7.11 Å². The fourth-order valence-electron chi connectivity index (χ4n) is 5.69. The van der Waals surface area contributed by atoms with Crippen molar-refractivity contribution in [1.82, 2.24) is 0 Å². The highest BCUT2D eigenvalue weighted by molar-refractivity contribution is 5.88. The number of fused-ring (bicyclic) bond motifs is 3. The van der Waals surface area contributed by atoms with Gasteiger partial charge in [-0.2, -0.15) is 0 Å². The molecule has 0 spiro atoms. The van der Waals surface area contributed by atoms with Gasteiger partial charge in [0.2, 0.25) is 0 Å². The lowest BCUT2D eigenvalue weighted by Gasteiger charge is -2.59. The number of ether oxygens (including phenoxy) is 1. The smallest absolute Gasteiger partial charge is 0.384 e. The van der Waals surface area contributed by atoms with Gasteiger partial charge in [-0.1, -0.05) is 32.8 Å². The predicted molar refractivity (Wildman–Crippen MR) is 93.0 cm³/mol. The van der Waals surface area contributed by atoms with Crippen molar-refractivity contribution in [2.24, 2.45) is 22.2 Å². The molecule has 0 aliphatic heterocycles. The summed E-state index contributed by atoms with van der Waals surface area (Å²) in [5.74, 6) is 6.33. The lowest BCUT2D eigenvalue weighted by Crippen LogP contribution is -2.54. The van der Waals surface area contributed by atoms with E-state index in [0.29, 0.717) is 18.1 Å². The van der Waals surface area contributed by atoms with Crippen molar-refractivity contribution in [3.8, 4) is 11.8 Å². The summed E-state index contributed by atoms with van der Waals surface area (Å²) in [5.41, 5.74) is 0.942. The third-order valence-corrected chi connectivity index (χ3v) is 6.97. The quantitative estimate of drug-likeness (QED) is 0.291. The molecule has 0 aromatic rings. The van der Waals surface area contributed by atoms with E-state index in [1.165, 1.54) is 12.7 Å². The second-order valence-electron chi connectivity index (χ2n) is 8.49. The Balaban J connectivity index is 2.05. The van der Waals surface area contributed by atoms with Crippen molar-refractivity contribution < 1.29 is 14.3 Å². The Hall–Kier alpha value is -1.56. The Morgan fingerprint density at radius 3 is 2.71 bits per heavy atom. The zero-order valence-electron chi connectivity index (χ0n) is 15.3. The molecule has 0 unspecified atom stereocenters. The van der Waals surface area contributed by atoms with E-state index in [9.17, 15) is 9.59 Å². The van der Waals surface area contributed by atoms with Gasteiger partial charge in [-0.3, -0.25) is 4.79 Å². The van der Waals surface area contributed by atoms with Crippen LogP contribution < -0.4 is 0 Å². The molecule has 3 rings (SSSR count). The maximum Gasteiger partial charge on any atom is 0.384 e. The minimum Gasteiger partial charge on any atom is -0.459 e. The first-order valence-electron chi connectivity index (χ1n) is 9.12. The van der Waals surface area contributed by atoms with Gasteiger partial charge < -0.3 is 4.74 Å². The lowest BCUT2D eigenvalue weighted by atomic mass is 9.44. The van der Waals surface area contributed by atoms with Crippen LogP contribution in [0.1, 0.15) is 65.7 Å². The van der Waals surface area contributed by atoms with Gasteiger partial charge in [0.25, 0.3) is 0 Å². The zero-order valence-corrected chi connectivity index (χ0v) is 15.3. The zero-order chi connectivity index (χ0) is 17.6. The van der Waals surface area contributed by atoms with Crippen LogP contribution in [-0.4, -0.2) is 18.9 Å². The van der Waals surface area contributed by atoms with E-state index in [1.54, 1.807) is 0 Å². The Labute approximate surface area is 145 Å². The van der Waals surface area contributed by atoms with Gasteiger partial charge in [0.05, 0.1) is 12.5 Å². The Bertz CT molecular complexity index is 660. The summed E-state index contributed by atoms with van der Waals surface area (Å²) in [6.45, 7) is 6.57. The molecular formula is C21H28O3. The summed E-state index contributed by atoms with van der Waals surface area (Å²) in [6.07, 6.45) is 9.08. The largest absolute Gasteiger partial charge is 0.459 e. The average molecular weight is 328 g/mol. The second kappa shape index (κ2) is 5.76. The number of ketones is 1. The van der Waals surface area contributed by atoms with Crippen molar-refractivity contribution in [2.45, 2.75) is 65.7 Å². The molecule has 24 heavy (non-hydrogen) atoms. The lowest BCUT2D eigenvalue weighted by molar-refractivity contribution is -0.141. The van der Waals surface area contributed by atoms with Crippen LogP contribution in [0.15, 0.2) is 11.6 Å². The van der Waals surface area contributed by atoms with E-state index in [1.807, 2.05) is 0 Å². The molecule has 3 aliphatic rings. The van der Waals surface area contributed by atoms with Crippen LogP contribution in [0, 0.1) is 34.0 Å². The van der Waals surface area contributed by atoms with E-state index in [4.69, 9.17) is 4.74 Å². The number of methoxy groups -OCH3 is 1. The number of carbonyl (C=O) groups is 2. The first-order chi connectivity index (χ1) is 11.3. The number of Topliss-reactive ketones (excluding diaryl/α,β-unsaturated/α-hetero) is 1.